The van der Waals surface area contributed by atoms with Gasteiger partial charge >= 0.3 is 0 Å². The number of carbonyl (C=O) groups is 2. The van der Waals surface area contributed by atoms with Crippen LogP contribution >= 0.6 is 0 Å². The summed E-state index contributed by atoms with van der Waals surface area (Å²) in [6, 6.07) is 13.9. The molecule has 0 bridgehead atoms. The summed E-state index contributed by atoms with van der Waals surface area (Å²) in [7, 11) is 0. The quantitative estimate of drug-likeness (QED) is 0.347. The number of rotatable bonds is 4. The van der Waals surface area contributed by atoms with E-state index < -0.39 is 17.6 Å². The second-order valence-electron chi connectivity index (χ2n) is 4.40. The number of hydrogen-bond acceptors (Lipinski definition) is 3. The lowest BCUT2D eigenvalue weighted by Gasteiger charge is -2.09. The van der Waals surface area contributed by atoms with Gasteiger partial charge in [0, 0.05) is 5.56 Å². The molecule has 0 atom stereocenters. The highest BCUT2D eigenvalue weighted by Gasteiger charge is 2.13. The predicted molar refractivity (Wildman–Crippen MR) is 80.6 cm³/mol. The molecule has 6 heteroatoms. The summed E-state index contributed by atoms with van der Waals surface area (Å²) >= 11 is 0. The fraction of sp³-hybridized carbons (Fsp3) is 0. The Balaban J connectivity index is 2.25. The molecule has 22 heavy (non-hydrogen) atoms. The number of benzene rings is 2. The lowest BCUT2D eigenvalue weighted by molar-refractivity contribution is -0.117. The SMILES string of the molecule is NNC(=O)/C(=C\c1ccc(F)cc1)NC(=O)c1ccccc1. The number of amides is 2. The van der Waals surface area contributed by atoms with Crippen molar-refractivity contribution in [3.05, 3.63) is 77.2 Å². The molecule has 2 aromatic rings. The van der Waals surface area contributed by atoms with Crippen molar-refractivity contribution in [1.82, 2.24) is 10.7 Å². The molecule has 0 unspecified atom stereocenters. The molecule has 5 nitrogen and oxygen atoms in total. The number of carbonyl (C=O) groups excluding carboxylic acids is 2. The van der Waals surface area contributed by atoms with E-state index in [9.17, 15) is 14.0 Å². The average molecular weight is 299 g/mol. The second kappa shape index (κ2) is 7.14. The maximum Gasteiger partial charge on any atom is 0.281 e. The largest absolute Gasteiger partial charge is 0.317 e. The molecule has 2 amide bonds. The first kappa shape index (κ1) is 15.4. The van der Waals surface area contributed by atoms with Crippen LogP contribution in [0.15, 0.2) is 60.3 Å². The number of hydrogen-bond donors (Lipinski definition) is 3. The van der Waals surface area contributed by atoms with E-state index in [0.717, 1.165) is 0 Å². The van der Waals surface area contributed by atoms with Gasteiger partial charge in [0.1, 0.15) is 11.5 Å². The van der Waals surface area contributed by atoms with E-state index in [4.69, 9.17) is 5.84 Å². The minimum absolute atomic E-state index is 0.0389. The van der Waals surface area contributed by atoms with Gasteiger partial charge in [-0.25, -0.2) is 10.2 Å². The van der Waals surface area contributed by atoms with Crippen molar-refractivity contribution in [1.29, 1.82) is 0 Å². The van der Waals surface area contributed by atoms with Gasteiger partial charge < -0.3 is 5.32 Å². The Morgan fingerprint density at radius 3 is 2.23 bits per heavy atom. The molecule has 0 saturated carbocycles. The van der Waals surface area contributed by atoms with Crippen LogP contribution in [-0.4, -0.2) is 11.8 Å². The van der Waals surface area contributed by atoms with Gasteiger partial charge in [-0.15, -0.1) is 0 Å². The third kappa shape index (κ3) is 4.00. The molecule has 112 valence electrons. The summed E-state index contributed by atoms with van der Waals surface area (Å²) in [5.41, 5.74) is 2.87. The zero-order valence-corrected chi connectivity index (χ0v) is 11.5. The summed E-state index contributed by atoms with van der Waals surface area (Å²) in [6.45, 7) is 0. The van der Waals surface area contributed by atoms with E-state index in [1.54, 1.807) is 30.3 Å². The Morgan fingerprint density at radius 1 is 1.00 bits per heavy atom. The minimum Gasteiger partial charge on any atom is -0.317 e. The second-order valence-corrected chi connectivity index (χ2v) is 4.40. The third-order valence-corrected chi connectivity index (χ3v) is 2.84. The highest BCUT2D eigenvalue weighted by molar-refractivity contribution is 6.05. The van der Waals surface area contributed by atoms with Gasteiger partial charge in [-0.3, -0.25) is 15.0 Å². The monoisotopic (exact) mass is 299 g/mol. The van der Waals surface area contributed by atoms with Crippen LogP contribution in [0.1, 0.15) is 15.9 Å². The Labute approximate surface area is 126 Å². The van der Waals surface area contributed by atoms with Crippen LogP contribution in [-0.2, 0) is 4.79 Å². The molecular weight excluding hydrogens is 285 g/mol. The highest BCUT2D eigenvalue weighted by Crippen LogP contribution is 2.08. The summed E-state index contributed by atoms with van der Waals surface area (Å²) in [4.78, 5) is 23.8. The fourth-order valence-corrected chi connectivity index (χ4v) is 1.75. The van der Waals surface area contributed by atoms with Gasteiger partial charge in [0.25, 0.3) is 11.8 Å². The van der Waals surface area contributed by atoms with Gasteiger partial charge in [0.15, 0.2) is 0 Å². The first-order chi connectivity index (χ1) is 10.6. The number of hydrazine groups is 1. The van der Waals surface area contributed by atoms with E-state index in [1.807, 2.05) is 5.43 Å². The van der Waals surface area contributed by atoms with Crippen LogP contribution in [0.4, 0.5) is 4.39 Å². The van der Waals surface area contributed by atoms with Gasteiger partial charge in [-0.2, -0.15) is 0 Å². The molecule has 0 spiro atoms. The lowest BCUT2D eigenvalue weighted by Crippen LogP contribution is -2.38. The van der Waals surface area contributed by atoms with Crippen LogP contribution < -0.4 is 16.6 Å². The molecule has 0 aliphatic carbocycles. The summed E-state index contributed by atoms with van der Waals surface area (Å²) in [5, 5.41) is 2.48. The lowest BCUT2D eigenvalue weighted by atomic mass is 10.1. The average Bonchev–Trinajstić information content (AvgIpc) is 2.56. The topological polar surface area (TPSA) is 84.2 Å². The van der Waals surface area contributed by atoms with Crippen LogP contribution in [0.5, 0.6) is 0 Å². The summed E-state index contributed by atoms with van der Waals surface area (Å²) in [6.07, 6.45) is 1.41. The first-order valence-corrected chi connectivity index (χ1v) is 6.45. The van der Waals surface area contributed by atoms with Gasteiger partial charge in [0.05, 0.1) is 0 Å². The number of nitrogens with two attached hydrogens (primary N) is 1. The van der Waals surface area contributed by atoms with E-state index >= 15 is 0 Å². The molecule has 0 saturated heterocycles. The van der Waals surface area contributed by atoms with Crippen LogP contribution in [0.2, 0.25) is 0 Å². The highest BCUT2D eigenvalue weighted by atomic mass is 19.1. The number of halogens is 1. The summed E-state index contributed by atoms with van der Waals surface area (Å²) in [5.74, 6) is 3.61. The zero-order valence-electron chi connectivity index (χ0n) is 11.5. The van der Waals surface area contributed by atoms with E-state index in [1.165, 1.54) is 30.3 Å². The standard InChI is InChI=1S/C16H14FN3O2/c17-13-8-6-11(7-9-13)10-14(16(22)20-18)19-15(21)12-4-2-1-3-5-12/h1-10H,18H2,(H,19,21)(H,20,22)/b14-10+. The molecule has 0 heterocycles. The third-order valence-electron chi connectivity index (χ3n) is 2.84. The van der Waals surface area contributed by atoms with Crippen molar-refractivity contribution in [3.63, 3.8) is 0 Å². The Kier molecular flexibility index (Phi) is 5.00. The van der Waals surface area contributed by atoms with Gasteiger partial charge in [-0.1, -0.05) is 30.3 Å². The Bertz CT molecular complexity index is 697. The van der Waals surface area contributed by atoms with Crippen molar-refractivity contribution >= 4 is 17.9 Å². The molecule has 4 N–H and O–H groups in total. The molecule has 0 fully saturated rings. The van der Waals surface area contributed by atoms with Crippen LogP contribution in [0.3, 0.4) is 0 Å². The molecular formula is C16H14FN3O2. The first-order valence-electron chi connectivity index (χ1n) is 6.45. The van der Waals surface area contributed by atoms with E-state index in [-0.39, 0.29) is 5.70 Å². The Hall–Kier alpha value is -2.99. The molecule has 0 aliphatic rings. The van der Waals surface area contributed by atoms with Crippen molar-refractivity contribution in [2.75, 3.05) is 0 Å². The molecule has 0 aliphatic heterocycles. The number of nitrogens with one attached hydrogen (secondary N) is 2. The van der Waals surface area contributed by atoms with Crippen molar-refractivity contribution < 1.29 is 14.0 Å². The molecule has 2 aromatic carbocycles. The smallest absolute Gasteiger partial charge is 0.281 e. The molecule has 2 rings (SSSR count). The summed E-state index contributed by atoms with van der Waals surface area (Å²) < 4.78 is 12.9. The van der Waals surface area contributed by atoms with Crippen LogP contribution in [0, 0.1) is 5.82 Å². The van der Waals surface area contributed by atoms with E-state index in [0.29, 0.717) is 11.1 Å². The van der Waals surface area contributed by atoms with Gasteiger partial charge in [-0.05, 0) is 35.9 Å². The van der Waals surface area contributed by atoms with E-state index in [2.05, 4.69) is 5.32 Å². The minimum atomic E-state index is -0.659. The Morgan fingerprint density at radius 2 is 1.64 bits per heavy atom. The zero-order chi connectivity index (χ0) is 15.9. The maximum absolute atomic E-state index is 12.9. The van der Waals surface area contributed by atoms with Crippen molar-refractivity contribution in [2.24, 2.45) is 5.84 Å². The van der Waals surface area contributed by atoms with Crippen molar-refractivity contribution in [2.45, 2.75) is 0 Å². The molecule has 0 aromatic heterocycles. The fourth-order valence-electron chi connectivity index (χ4n) is 1.75. The predicted octanol–water partition coefficient (Wildman–Crippen LogP) is 1.59. The van der Waals surface area contributed by atoms with Crippen LogP contribution in [0.25, 0.3) is 6.08 Å². The molecule has 0 radical (unpaired) electrons. The maximum atomic E-state index is 12.9. The normalized spacial score (nSPS) is 10.9. The van der Waals surface area contributed by atoms with Gasteiger partial charge in [0.2, 0.25) is 0 Å². The van der Waals surface area contributed by atoms with Crippen molar-refractivity contribution in [3.8, 4) is 0 Å².